The summed E-state index contributed by atoms with van der Waals surface area (Å²) in [6.07, 6.45) is 1.02. The Labute approximate surface area is 136 Å². The molecule has 0 spiro atoms. The van der Waals surface area contributed by atoms with E-state index in [0.29, 0.717) is 18.3 Å². The van der Waals surface area contributed by atoms with Crippen LogP contribution in [0.3, 0.4) is 0 Å². The first-order valence-corrected chi connectivity index (χ1v) is 8.22. The summed E-state index contributed by atoms with van der Waals surface area (Å²) in [5, 5.41) is 12.0. The first-order chi connectivity index (χ1) is 11.2. The van der Waals surface area contributed by atoms with Gasteiger partial charge in [0, 0.05) is 0 Å². The topological polar surface area (TPSA) is 64.1 Å². The van der Waals surface area contributed by atoms with Gasteiger partial charge in [-0.05, 0) is 30.5 Å². The fraction of sp³-hybridized carbons (Fsp3) is 0.176. The molecule has 1 N–H and O–H groups in total. The van der Waals surface area contributed by atoms with Crippen LogP contribution < -0.4 is 0 Å². The van der Waals surface area contributed by atoms with Crippen molar-refractivity contribution in [2.45, 2.75) is 19.6 Å². The Balaban J connectivity index is 1.74. The molecule has 3 aromatic heterocycles. The Morgan fingerprint density at radius 3 is 2.87 bits per heavy atom. The lowest BCUT2D eigenvalue weighted by Crippen LogP contribution is -2.08. The van der Waals surface area contributed by atoms with Crippen LogP contribution in [0.2, 0.25) is 0 Å². The van der Waals surface area contributed by atoms with Crippen molar-refractivity contribution in [3.63, 3.8) is 0 Å². The van der Waals surface area contributed by atoms with Crippen LogP contribution in [0, 0.1) is 0 Å². The van der Waals surface area contributed by atoms with Crippen LogP contribution in [0.4, 0.5) is 0 Å². The monoisotopic (exact) mass is 325 g/mol. The third-order valence-electron chi connectivity index (χ3n) is 3.66. The average Bonchev–Trinajstić information content (AvgIpc) is 3.26. The molecular formula is C17H15N3O2S. The minimum atomic E-state index is -0.647. The van der Waals surface area contributed by atoms with Gasteiger partial charge in [0.1, 0.15) is 18.2 Å². The highest BCUT2D eigenvalue weighted by Crippen LogP contribution is 2.26. The number of hydrogen-bond donors (Lipinski definition) is 1. The van der Waals surface area contributed by atoms with E-state index in [1.54, 1.807) is 24.5 Å². The third-order valence-corrected chi connectivity index (χ3v) is 4.52. The summed E-state index contributed by atoms with van der Waals surface area (Å²) in [6, 6.07) is 11.8. The second-order valence-electron chi connectivity index (χ2n) is 5.34. The molecule has 23 heavy (non-hydrogen) atoms. The number of hydrogen-bond acceptors (Lipinski definition) is 5. The minimum absolute atomic E-state index is 0.510. The number of aliphatic hydroxyl groups excluding tert-OH is 1. The molecule has 0 amide bonds. The van der Waals surface area contributed by atoms with Crippen molar-refractivity contribution >= 4 is 22.4 Å². The van der Waals surface area contributed by atoms with Crippen molar-refractivity contribution < 1.29 is 9.52 Å². The summed E-state index contributed by atoms with van der Waals surface area (Å²) in [5.74, 6) is 1.25. The predicted molar refractivity (Wildman–Crippen MR) is 89.3 cm³/mol. The van der Waals surface area contributed by atoms with E-state index in [1.165, 1.54) is 0 Å². The van der Waals surface area contributed by atoms with Crippen molar-refractivity contribution in [2.24, 2.45) is 0 Å². The van der Waals surface area contributed by atoms with E-state index in [9.17, 15) is 5.11 Å². The molecule has 6 heteroatoms. The van der Waals surface area contributed by atoms with Gasteiger partial charge in [-0.1, -0.05) is 18.2 Å². The Bertz CT molecular complexity index is 938. The summed E-state index contributed by atoms with van der Waals surface area (Å²) in [6.45, 7) is 2.23. The molecule has 1 atom stereocenters. The number of thiophene rings is 1. The minimum Gasteiger partial charge on any atom is -0.443 e. The number of fused-ring (bicyclic) bond motifs is 1. The first kappa shape index (κ1) is 14.2. The smallest absolute Gasteiger partial charge is 0.236 e. The zero-order valence-electron chi connectivity index (χ0n) is 12.5. The maximum absolute atomic E-state index is 10.0. The summed E-state index contributed by atoms with van der Waals surface area (Å²) < 4.78 is 7.56. The molecule has 0 aliphatic rings. The second kappa shape index (κ2) is 5.64. The number of nitrogens with zero attached hydrogens (tertiary/aromatic N) is 3. The molecule has 0 aliphatic carbocycles. The van der Waals surface area contributed by atoms with E-state index in [0.717, 1.165) is 21.6 Å². The molecule has 116 valence electrons. The Hall–Kier alpha value is -2.44. The number of para-hydroxylation sites is 2. The molecule has 0 bridgehead atoms. The number of benzene rings is 1. The number of aromatic nitrogens is 3. The van der Waals surface area contributed by atoms with Gasteiger partial charge in [0.15, 0.2) is 0 Å². The van der Waals surface area contributed by atoms with Crippen LogP contribution >= 0.6 is 11.3 Å². The lowest BCUT2D eigenvalue weighted by atomic mass is 10.3. The van der Waals surface area contributed by atoms with Crippen LogP contribution in [-0.2, 0) is 6.54 Å². The standard InChI is InChI=1S/C17H15N3O2S/c1-11(21)16-19-13-5-2-3-6-14(13)20(16)9-12-10-22-17(18-12)15-7-4-8-23-15/h2-8,10-11,21H,9H2,1H3. The highest BCUT2D eigenvalue weighted by molar-refractivity contribution is 7.13. The van der Waals surface area contributed by atoms with Crippen LogP contribution in [0.5, 0.6) is 0 Å². The number of oxazole rings is 1. The molecule has 0 saturated heterocycles. The van der Waals surface area contributed by atoms with Gasteiger partial charge in [0.05, 0.1) is 28.1 Å². The summed E-state index contributed by atoms with van der Waals surface area (Å²) in [5.41, 5.74) is 2.65. The molecule has 4 rings (SSSR count). The number of aliphatic hydroxyl groups is 1. The average molecular weight is 325 g/mol. The van der Waals surface area contributed by atoms with E-state index < -0.39 is 6.10 Å². The van der Waals surface area contributed by atoms with Gasteiger partial charge in [-0.25, -0.2) is 9.97 Å². The molecule has 3 heterocycles. The van der Waals surface area contributed by atoms with Gasteiger partial charge < -0.3 is 14.1 Å². The molecule has 0 aliphatic heterocycles. The van der Waals surface area contributed by atoms with Gasteiger partial charge in [-0.3, -0.25) is 0 Å². The van der Waals surface area contributed by atoms with E-state index in [-0.39, 0.29) is 0 Å². The number of imidazole rings is 1. The summed E-state index contributed by atoms with van der Waals surface area (Å²) in [4.78, 5) is 10.1. The predicted octanol–water partition coefficient (Wildman–Crippen LogP) is 3.85. The lowest BCUT2D eigenvalue weighted by Gasteiger charge is -2.08. The molecule has 4 aromatic rings. The van der Waals surface area contributed by atoms with Crippen molar-refractivity contribution in [3.05, 3.63) is 59.6 Å². The Morgan fingerprint density at radius 1 is 1.22 bits per heavy atom. The molecular weight excluding hydrogens is 310 g/mol. The van der Waals surface area contributed by atoms with Crippen molar-refractivity contribution in [1.82, 2.24) is 14.5 Å². The van der Waals surface area contributed by atoms with Gasteiger partial charge in [0.25, 0.3) is 0 Å². The first-order valence-electron chi connectivity index (χ1n) is 7.34. The molecule has 1 aromatic carbocycles. The fourth-order valence-electron chi connectivity index (χ4n) is 2.63. The highest BCUT2D eigenvalue weighted by atomic mass is 32.1. The number of rotatable bonds is 4. The normalized spacial score (nSPS) is 12.8. The summed E-state index contributed by atoms with van der Waals surface area (Å²) in [7, 11) is 0. The Morgan fingerprint density at radius 2 is 2.09 bits per heavy atom. The van der Waals surface area contributed by atoms with Crippen LogP contribution in [0.1, 0.15) is 24.5 Å². The zero-order chi connectivity index (χ0) is 15.8. The second-order valence-corrected chi connectivity index (χ2v) is 6.29. The molecule has 0 saturated carbocycles. The van der Waals surface area contributed by atoms with Crippen molar-refractivity contribution in [3.8, 4) is 10.8 Å². The third kappa shape index (κ3) is 2.56. The molecule has 5 nitrogen and oxygen atoms in total. The van der Waals surface area contributed by atoms with E-state index in [1.807, 2.05) is 46.3 Å². The van der Waals surface area contributed by atoms with E-state index in [2.05, 4.69) is 9.97 Å². The SMILES string of the molecule is CC(O)c1nc2ccccc2n1Cc1coc(-c2cccs2)n1. The zero-order valence-corrected chi connectivity index (χ0v) is 13.3. The van der Waals surface area contributed by atoms with Crippen LogP contribution in [-0.4, -0.2) is 19.6 Å². The Kier molecular flexibility index (Phi) is 3.48. The lowest BCUT2D eigenvalue weighted by molar-refractivity contribution is 0.185. The van der Waals surface area contributed by atoms with Crippen molar-refractivity contribution in [2.75, 3.05) is 0 Å². The maximum Gasteiger partial charge on any atom is 0.236 e. The van der Waals surface area contributed by atoms with E-state index >= 15 is 0 Å². The fourth-order valence-corrected chi connectivity index (χ4v) is 3.29. The maximum atomic E-state index is 10.0. The quantitative estimate of drug-likeness (QED) is 0.619. The van der Waals surface area contributed by atoms with Gasteiger partial charge >= 0.3 is 0 Å². The largest absolute Gasteiger partial charge is 0.443 e. The highest BCUT2D eigenvalue weighted by Gasteiger charge is 2.16. The van der Waals surface area contributed by atoms with Crippen molar-refractivity contribution in [1.29, 1.82) is 0 Å². The van der Waals surface area contributed by atoms with E-state index in [4.69, 9.17) is 4.42 Å². The van der Waals surface area contributed by atoms with Crippen LogP contribution in [0.25, 0.3) is 21.8 Å². The molecule has 0 radical (unpaired) electrons. The molecule has 0 fully saturated rings. The van der Waals surface area contributed by atoms with Gasteiger partial charge in [0.2, 0.25) is 5.89 Å². The molecule has 1 unspecified atom stereocenters. The van der Waals surface area contributed by atoms with Gasteiger partial charge in [-0.15, -0.1) is 11.3 Å². The van der Waals surface area contributed by atoms with Crippen LogP contribution in [0.15, 0.2) is 52.5 Å². The summed E-state index contributed by atoms with van der Waals surface area (Å²) >= 11 is 1.59. The van der Waals surface area contributed by atoms with Gasteiger partial charge in [-0.2, -0.15) is 0 Å².